The predicted octanol–water partition coefficient (Wildman–Crippen LogP) is 2.91. The lowest BCUT2D eigenvalue weighted by Crippen LogP contribution is -2.37. The second kappa shape index (κ2) is 9.43. The molecule has 8 heteroatoms. The van der Waals surface area contributed by atoms with Crippen LogP contribution in [0.15, 0.2) is 28.7 Å². The zero-order valence-electron chi connectivity index (χ0n) is 14.4. The van der Waals surface area contributed by atoms with E-state index >= 15 is 0 Å². The second-order valence-corrected chi connectivity index (χ2v) is 6.31. The minimum absolute atomic E-state index is 0.129. The lowest BCUT2D eigenvalue weighted by molar-refractivity contribution is 0.0378. The molecule has 1 N–H and O–H groups in total. The predicted molar refractivity (Wildman–Crippen MR) is 97.4 cm³/mol. The van der Waals surface area contributed by atoms with Crippen molar-refractivity contribution >= 4 is 17.5 Å². The van der Waals surface area contributed by atoms with Crippen LogP contribution >= 0.6 is 11.6 Å². The first-order valence-electron chi connectivity index (χ1n) is 8.57. The Balaban J connectivity index is 1.47. The topological polar surface area (TPSA) is 83.5 Å². The number of nitrogens with zero attached hydrogens (tertiary/aromatic N) is 3. The highest BCUT2D eigenvalue weighted by atomic mass is 35.5. The van der Waals surface area contributed by atoms with Gasteiger partial charge >= 0.3 is 0 Å². The molecule has 3 rings (SSSR count). The lowest BCUT2D eigenvalue weighted by atomic mass is 10.3. The van der Waals surface area contributed by atoms with Gasteiger partial charge in [-0.15, -0.1) is 0 Å². The molecule has 1 saturated heterocycles. The van der Waals surface area contributed by atoms with Gasteiger partial charge in [0.25, 0.3) is 0 Å². The third kappa shape index (κ3) is 5.36. The molecule has 0 amide bonds. The normalized spacial score (nSPS) is 14.8. The highest BCUT2D eigenvalue weighted by molar-refractivity contribution is 6.30. The molecular formula is C18H21ClN4O3. The molecule has 1 aromatic heterocycles. The molecule has 1 aliphatic heterocycles. The summed E-state index contributed by atoms with van der Waals surface area (Å²) >= 11 is 5.92. The molecule has 0 aliphatic carbocycles. The van der Waals surface area contributed by atoms with Crippen molar-refractivity contribution in [2.24, 2.45) is 0 Å². The summed E-state index contributed by atoms with van der Waals surface area (Å²) in [6, 6.07) is 9.12. The maximum atomic E-state index is 9.22. The van der Waals surface area contributed by atoms with Crippen LogP contribution < -0.4 is 10.1 Å². The molecule has 0 radical (unpaired) electrons. The first-order valence-corrected chi connectivity index (χ1v) is 8.94. The van der Waals surface area contributed by atoms with Crippen molar-refractivity contribution in [1.82, 2.24) is 9.88 Å². The molecule has 1 aliphatic rings. The van der Waals surface area contributed by atoms with E-state index in [0.29, 0.717) is 29.1 Å². The summed E-state index contributed by atoms with van der Waals surface area (Å²) in [5.41, 5.74) is 0.237. The Hall–Kier alpha value is -2.27. The van der Waals surface area contributed by atoms with E-state index in [1.807, 2.05) is 6.07 Å². The maximum absolute atomic E-state index is 9.22. The Morgan fingerprint density at radius 2 is 2.19 bits per heavy atom. The van der Waals surface area contributed by atoms with E-state index in [1.165, 1.54) is 0 Å². The van der Waals surface area contributed by atoms with Gasteiger partial charge in [-0.2, -0.15) is 10.2 Å². The van der Waals surface area contributed by atoms with Crippen molar-refractivity contribution in [3.8, 4) is 11.8 Å². The number of oxazole rings is 1. The minimum atomic E-state index is 0.129. The van der Waals surface area contributed by atoms with Crippen LogP contribution in [0.5, 0.6) is 5.75 Å². The molecule has 1 aromatic carbocycles. The van der Waals surface area contributed by atoms with Gasteiger partial charge in [0, 0.05) is 24.7 Å². The number of benzene rings is 1. The number of rotatable bonds is 8. The van der Waals surface area contributed by atoms with E-state index in [-0.39, 0.29) is 12.3 Å². The zero-order valence-corrected chi connectivity index (χ0v) is 15.2. The number of anilines is 1. The van der Waals surface area contributed by atoms with Gasteiger partial charge in [-0.05, 0) is 31.2 Å². The second-order valence-electron chi connectivity index (χ2n) is 5.88. The summed E-state index contributed by atoms with van der Waals surface area (Å²) in [6.45, 7) is 5.35. The van der Waals surface area contributed by atoms with E-state index < -0.39 is 0 Å². The molecule has 0 unspecified atom stereocenters. The molecule has 0 saturated carbocycles. The Bertz CT molecular complexity index is 753. The average molecular weight is 377 g/mol. The van der Waals surface area contributed by atoms with Gasteiger partial charge in [0.15, 0.2) is 6.61 Å². The van der Waals surface area contributed by atoms with Gasteiger partial charge in [0.2, 0.25) is 17.5 Å². The fourth-order valence-electron chi connectivity index (χ4n) is 2.65. The van der Waals surface area contributed by atoms with Crippen LogP contribution in [0.2, 0.25) is 5.02 Å². The number of morpholine rings is 1. The first kappa shape index (κ1) is 18.5. The number of aromatic nitrogens is 1. The quantitative estimate of drug-likeness (QED) is 0.709. The molecule has 7 nitrogen and oxygen atoms in total. The van der Waals surface area contributed by atoms with E-state index in [1.54, 1.807) is 24.3 Å². The van der Waals surface area contributed by atoms with Crippen molar-refractivity contribution in [2.45, 2.75) is 13.0 Å². The Morgan fingerprint density at radius 3 is 2.96 bits per heavy atom. The smallest absolute Gasteiger partial charge is 0.236 e. The molecule has 2 aromatic rings. The van der Waals surface area contributed by atoms with Crippen molar-refractivity contribution in [3.63, 3.8) is 0 Å². The average Bonchev–Trinajstić information content (AvgIpc) is 3.07. The van der Waals surface area contributed by atoms with E-state index in [2.05, 4.69) is 15.2 Å². The van der Waals surface area contributed by atoms with E-state index in [0.717, 1.165) is 39.3 Å². The van der Waals surface area contributed by atoms with Crippen molar-refractivity contribution < 1.29 is 13.9 Å². The molecule has 0 atom stereocenters. The third-order valence-corrected chi connectivity index (χ3v) is 4.21. The summed E-state index contributed by atoms with van der Waals surface area (Å²) in [6.07, 6.45) is 0.944. The maximum Gasteiger partial charge on any atom is 0.236 e. The Labute approximate surface area is 157 Å². The number of ether oxygens (including phenoxy) is 2. The molecular weight excluding hydrogens is 356 g/mol. The van der Waals surface area contributed by atoms with Crippen LogP contribution in [0.25, 0.3) is 0 Å². The van der Waals surface area contributed by atoms with Crippen LogP contribution in [-0.2, 0) is 11.3 Å². The van der Waals surface area contributed by atoms with Gasteiger partial charge in [-0.3, -0.25) is 4.90 Å². The van der Waals surface area contributed by atoms with E-state index in [9.17, 15) is 5.26 Å². The van der Waals surface area contributed by atoms with Crippen molar-refractivity contribution in [1.29, 1.82) is 5.26 Å². The van der Waals surface area contributed by atoms with Gasteiger partial charge < -0.3 is 19.2 Å². The highest BCUT2D eigenvalue weighted by Gasteiger charge is 2.14. The Kier molecular flexibility index (Phi) is 6.72. The molecule has 1 fully saturated rings. The summed E-state index contributed by atoms with van der Waals surface area (Å²) < 4.78 is 16.5. The summed E-state index contributed by atoms with van der Waals surface area (Å²) in [5.74, 6) is 1.35. The number of nitrogens with one attached hydrogen (secondary N) is 1. The number of hydrogen-bond donors (Lipinski definition) is 1. The summed E-state index contributed by atoms with van der Waals surface area (Å²) in [7, 11) is 0. The summed E-state index contributed by atoms with van der Waals surface area (Å²) in [4.78, 5) is 6.52. The highest BCUT2D eigenvalue weighted by Crippen LogP contribution is 2.21. The van der Waals surface area contributed by atoms with Gasteiger partial charge in [-0.1, -0.05) is 17.7 Å². The first-order chi connectivity index (χ1) is 12.7. The van der Waals surface area contributed by atoms with Gasteiger partial charge in [0.05, 0.1) is 13.2 Å². The van der Waals surface area contributed by atoms with Crippen molar-refractivity contribution in [2.75, 3.05) is 44.7 Å². The fourth-order valence-corrected chi connectivity index (χ4v) is 2.83. The fraction of sp³-hybridized carbons (Fsp3) is 0.444. The number of hydrogen-bond acceptors (Lipinski definition) is 7. The largest absolute Gasteiger partial charge is 0.484 e. The molecule has 0 spiro atoms. The standard InChI is InChI=1S/C18H21ClN4O3/c19-14-3-1-4-15(11-14)25-13-17-22-16(12-20)18(26-17)21-5-2-6-23-7-9-24-10-8-23/h1,3-4,11,21H,2,5-10,13H2. The number of nitriles is 1. The van der Waals surface area contributed by atoms with Crippen LogP contribution in [0, 0.1) is 11.3 Å². The lowest BCUT2D eigenvalue weighted by Gasteiger charge is -2.26. The molecule has 138 valence electrons. The van der Waals surface area contributed by atoms with Crippen LogP contribution in [-0.4, -0.2) is 49.3 Å². The van der Waals surface area contributed by atoms with Crippen LogP contribution in [0.1, 0.15) is 18.0 Å². The SMILES string of the molecule is N#Cc1nc(COc2cccc(Cl)c2)oc1NCCCN1CCOCC1. The van der Waals surface area contributed by atoms with E-state index in [4.69, 9.17) is 25.5 Å². The van der Waals surface area contributed by atoms with Gasteiger partial charge in [-0.25, -0.2) is 0 Å². The summed E-state index contributed by atoms with van der Waals surface area (Å²) in [5, 5.41) is 13.0. The monoisotopic (exact) mass is 376 g/mol. The molecule has 26 heavy (non-hydrogen) atoms. The van der Waals surface area contributed by atoms with Crippen molar-refractivity contribution in [3.05, 3.63) is 40.9 Å². The van der Waals surface area contributed by atoms with Crippen LogP contribution in [0.3, 0.4) is 0 Å². The van der Waals surface area contributed by atoms with Crippen LogP contribution in [0.4, 0.5) is 5.88 Å². The molecule has 0 bridgehead atoms. The zero-order chi connectivity index (χ0) is 18.2. The third-order valence-electron chi connectivity index (χ3n) is 3.98. The van der Waals surface area contributed by atoms with Gasteiger partial charge in [0.1, 0.15) is 11.8 Å². The Morgan fingerprint density at radius 1 is 1.35 bits per heavy atom. The number of halogens is 1. The molecule has 2 heterocycles. The minimum Gasteiger partial charge on any atom is -0.484 e.